The van der Waals surface area contributed by atoms with Crippen LogP contribution in [0.5, 0.6) is 0 Å². The third kappa shape index (κ3) is 12.8. The molecule has 0 bridgehead atoms. The molecule has 0 aliphatic carbocycles. The van der Waals surface area contributed by atoms with Gasteiger partial charge in [-0.25, -0.2) is 0 Å². The van der Waals surface area contributed by atoms with Crippen LogP contribution in [0.15, 0.2) is 0 Å². The first-order valence-electron chi connectivity index (χ1n) is 7.71. The van der Waals surface area contributed by atoms with Gasteiger partial charge in [-0.05, 0) is 6.42 Å². The summed E-state index contributed by atoms with van der Waals surface area (Å²) in [5.74, 6) is 0. The van der Waals surface area contributed by atoms with E-state index >= 15 is 0 Å². The van der Waals surface area contributed by atoms with Crippen molar-refractivity contribution >= 4 is 0 Å². The number of aliphatic hydroxyl groups excluding tert-OH is 2. The molecule has 0 aromatic heterocycles. The molecule has 0 saturated carbocycles. The van der Waals surface area contributed by atoms with Gasteiger partial charge in [-0.3, -0.25) is 0 Å². The summed E-state index contributed by atoms with van der Waals surface area (Å²) in [5, 5.41) is 18.5. The van der Waals surface area contributed by atoms with Crippen molar-refractivity contribution in [1.29, 1.82) is 0 Å². The fourth-order valence-corrected chi connectivity index (χ4v) is 1.78. The standard InChI is InChI=1S/C15H32O5/c1-3-4-5-6-7-8-9-19-11-14(17)12-20-13-15(10-16)18-2/h14-17H,3-13H2,1-2H3. The van der Waals surface area contributed by atoms with Crippen molar-refractivity contribution in [3.63, 3.8) is 0 Å². The Morgan fingerprint density at radius 1 is 0.900 bits per heavy atom. The average Bonchev–Trinajstić information content (AvgIpc) is 2.46. The average molecular weight is 292 g/mol. The molecule has 0 radical (unpaired) electrons. The normalized spacial score (nSPS) is 14.4. The topological polar surface area (TPSA) is 68.2 Å². The van der Waals surface area contributed by atoms with Crippen molar-refractivity contribution < 1.29 is 24.4 Å². The zero-order valence-electron chi connectivity index (χ0n) is 13.1. The lowest BCUT2D eigenvalue weighted by molar-refractivity contribution is -0.0586. The summed E-state index contributed by atoms with van der Waals surface area (Å²) >= 11 is 0. The number of ether oxygens (including phenoxy) is 3. The van der Waals surface area contributed by atoms with E-state index in [1.807, 2.05) is 0 Å². The maximum absolute atomic E-state index is 9.63. The summed E-state index contributed by atoms with van der Waals surface area (Å²) in [6.45, 7) is 3.60. The highest BCUT2D eigenvalue weighted by Crippen LogP contribution is 2.05. The van der Waals surface area contributed by atoms with Crippen LogP contribution >= 0.6 is 0 Å². The fourth-order valence-electron chi connectivity index (χ4n) is 1.78. The van der Waals surface area contributed by atoms with Crippen molar-refractivity contribution in [3.8, 4) is 0 Å². The molecule has 0 aromatic carbocycles. The van der Waals surface area contributed by atoms with E-state index in [1.165, 1.54) is 39.2 Å². The fraction of sp³-hybridized carbons (Fsp3) is 1.00. The summed E-state index contributed by atoms with van der Waals surface area (Å²) in [4.78, 5) is 0. The minimum absolute atomic E-state index is 0.0822. The maximum atomic E-state index is 9.63. The first kappa shape index (κ1) is 19.8. The molecule has 0 fully saturated rings. The zero-order valence-corrected chi connectivity index (χ0v) is 13.1. The van der Waals surface area contributed by atoms with E-state index in [0.717, 1.165) is 6.42 Å². The van der Waals surface area contributed by atoms with Crippen molar-refractivity contribution in [2.75, 3.05) is 40.1 Å². The zero-order chi connectivity index (χ0) is 15.1. The minimum Gasteiger partial charge on any atom is -0.394 e. The van der Waals surface area contributed by atoms with Gasteiger partial charge in [0.25, 0.3) is 0 Å². The van der Waals surface area contributed by atoms with Crippen molar-refractivity contribution in [1.82, 2.24) is 0 Å². The maximum Gasteiger partial charge on any atom is 0.103 e. The molecule has 2 N–H and O–H groups in total. The van der Waals surface area contributed by atoms with Gasteiger partial charge in [0.15, 0.2) is 0 Å². The number of rotatable bonds is 15. The molecule has 0 aliphatic heterocycles. The number of hydrogen-bond donors (Lipinski definition) is 2. The van der Waals surface area contributed by atoms with Gasteiger partial charge in [-0.15, -0.1) is 0 Å². The molecule has 0 aromatic rings. The monoisotopic (exact) mass is 292 g/mol. The SMILES string of the molecule is CCCCCCCCOCC(O)COCC(CO)OC. The van der Waals surface area contributed by atoms with E-state index < -0.39 is 6.10 Å². The second kappa shape index (κ2) is 15.2. The third-order valence-electron chi connectivity index (χ3n) is 3.10. The van der Waals surface area contributed by atoms with Crippen LogP contribution in [0.25, 0.3) is 0 Å². The van der Waals surface area contributed by atoms with Crippen LogP contribution in [0.3, 0.4) is 0 Å². The van der Waals surface area contributed by atoms with Crippen LogP contribution < -0.4 is 0 Å². The van der Waals surface area contributed by atoms with Gasteiger partial charge < -0.3 is 24.4 Å². The van der Waals surface area contributed by atoms with Crippen molar-refractivity contribution in [2.45, 2.75) is 57.7 Å². The number of hydrogen-bond acceptors (Lipinski definition) is 5. The smallest absolute Gasteiger partial charge is 0.103 e. The summed E-state index contributed by atoms with van der Waals surface area (Å²) in [6, 6.07) is 0. The summed E-state index contributed by atoms with van der Waals surface area (Å²) in [6.07, 6.45) is 6.45. The largest absolute Gasteiger partial charge is 0.394 e. The lowest BCUT2D eigenvalue weighted by Gasteiger charge is -2.15. The van der Waals surface area contributed by atoms with E-state index in [4.69, 9.17) is 19.3 Å². The van der Waals surface area contributed by atoms with Gasteiger partial charge in [0.2, 0.25) is 0 Å². The van der Waals surface area contributed by atoms with Crippen LogP contribution in [0.1, 0.15) is 45.4 Å². The Bertz CT molecular complexity index is 185. The number of aliphatic hydroxyl groups is 2. The minimum atomic E-state index is -0.619. The lowest BCUT2D eigenvalue weighted by atomic mass is 10.1. The Kier molecular flexibility index (Phi) is 15.0. The van der Waals surface area contributed by atoms with Gasteiger partial charge in [-0.1, -0.05) is 39.0 Å². The predicted octanol–water partition coefficient (Wildman–Crippen LogP) is 1.75. The first-order valence-corrected chi connectivity index (χ1v) is 7.71. The van der Waals surface area contributed by atoms with E-state index in [1.54, 1.807) is 0 Å². The Labute approximate surface area is 123 Å². The molecular weight excluding hydrogens is 260 g/mol. The second-order valence-corrected chi connectivity index (χ2v) is 5.07. The highest BCUT2D eigenvalue weighted by Gasteiger charge is 2.08. The van der Waals surface area contributed by atoms with Crippen molar-refractivity contribution in [3.05, 3.63) is 0 Å². The molecule has 122 valence electrons. The Balaban J connectivity index is 3.26. The molecule has 0 rings (SSSR count). The van der Waals surface area contributed by atoms with Gasteiger partial charge in [0.05, 0.1) is 26.4 Å². The van der Waals surface area contributed by atoms with Crippen LogP contribution in [0.4, 0.5) is 0 Å². The molecule has 2 atom stereocenters. The molecule has 0 spiro atoms. The quantitative estimate of drug-likeness (QED) is 0.450. The van der Waals surface area contributed by atoms with E-state index in [9.17, 15) is 5.11 Å². The van der Waals surface area contributed by atoms with E-state index in [0.29, 0.717) is 13.2 Å². The highest BCUT2D eigenvalue weighted by molar-refractivity contribution is 4.56. The first-order chi connectivity index (χ1) is 9.74. The molecule has 0 heterocycles. The molecule has 0 amide bonds. The Hall–Kier alpha value is -0.200. The van der Waals surface area contributed by atoms with Crippen molar-refractivity contribution in [2.24, 2.45) is 0 Å². The van der Waals surface area contributed by atoms with Crippen LogP contribution in [0, 0.1) is 0 Å². The van der Waals surface area contributed by atoms with Crippen LogP contribution in [-0.4, -0.2) is 62.6 Å². The summed E-state index contributed by atoms with van der Waals surface area (Å²) < 4.78 is 15.6. The number of methoxy groups -OCH3 is 1. The molecule has 5 heteroatoms. The third-order valence-corrected chi connectivity index (χ3v) is 3.10. The molecule has 20 heavy (non-hydrogen) atoms. The molecule has 2 unspecified atom stereocenters. The van der Waals surface area contributed by atoms with Crippen LogP contribution in [0.2, 0.25) is 0 Å². The van der Waals surface area contributed by atoms with Gasteiger partial charge in [0.1, 0.15) is 12.2 Å². The van der Waals surface area contributed by atoms with Gasteiger partial charge in [-0.2, -0.15) is 0 Å². The highest BCUT2D eigenvalue weighted by atomic mass is 16.5. The lowest BCUT2D eigenvalue weighted by Crippen LogP contribution is -2.27. The van der Waals surface area contributed by atoms with Crippen LogP contribution in [-0.2, 0) is 14.2 Å². The summed E-state index contributed by atoms with van der Waals surface area (Å²) in [5.41, 5.74) is 0. The second-order valence-electron chi connectivity index (χ2n) is 5.07. The molecule has 0 aliphatic rings. The molecule has 0 saturated heterocycles. The Morgan fingerprint density at radius 3 is 2.20 bits per heavy atom. The van der Waals surface area contributed by atoms with Gasteiger partial charge in [0, 0.05) is 13.7 Å². The predicted molar refractivity (Wildman–Crippen MR) is 78.9 cm³/mol. The Morgan fingerprint density at radius 2 is 1.55 bits per heavy atom. The molecule has 5 nitrogen and oxygen atoms in total. The molecular formula is C15H32O5. The van der Waals surface area contributed by atoms with E-state index in [-0.39, 0.29) is 25.9 Å². The van der Waals surface area contributed by atoms with E-state index in [2.05, 4.69) is 6.92 Å². The van der Waals surface area contributed by atoms with Gasteiger partial charge >= 0.3 is 0 Å². The summed E-state index contributed by atoms with van der Waals surface area (Å²) in [7, 11) is 1.52. The number of unbranched alkanes of at least 4 members (excludes halogenated alkanes) is 5.